The van der Waals surface area contributed by atoms with Gasteiger partial charge >= 0.3 is 0 Å². The number of hydrogen-bond donors (Lipinski definition) is 0. The molecule has 0 unspecified atom stereocenters. The van der Waals surface area contributed by atoms with Crippen molar-refractivity contribution in [1.29, 1.82) is 0 Å². The Balaban J connectivity index is 2.48. The lowest BCUT2D eigenvalue weighted by Crippen LogP contribution is -2.33. The van der Waals surface area contributed by atoms with Crippen molar-refractivity contribution in [1.82, 2.24) is 4.90 Å². The summed E-state index contributed by atoms with van der Waals surface area (Å²) >= 11 is 0. The van der Waals surface area contributed by atoms with Gasteiger partial charge in [-0.2, -0.15) is 0 Å². The van der Waals surface area contributed by atoms with Gasteiger partial charge in [-0.15, -0.1) is 0 Å². The fraction of sp³-hybridized carbons (Fsp3) is 0.462. The molecule has 1 aromatic rings. The van der Waals surface area contributed by atoms with Crippen molar-refractivity contribution in [3.05, 3.63) is 29.3 Å². The van der Waals surface area contributed by atoms with Crippen LogP contribution in [0.1, 0.15) is 35.7 Å². The minimum Gasteiger partial charge on any atom is -0.336 e. The second-order valence-corrected chi connectivity index (χ2v) is 7.29. The van der Waals surface area contributed by atoms with Gasteiger partial charge in [-0.3, -0.25) is 4.79 Å². The van der Waals surface area contributed by atoms with E-state index in [1.807, 2.05) is 13.8 Å². The first kappa shape index (κ1) is 14.3. The third-order valence-corrected chi connectivity index (χ3v) is 4.60. The van der Waals surface area contributed by atoms with Crippen molar-refractivity contribution in [2.24, 2.45) is 0 Å². The Labute approximate surface area is 117 Å². The highest BCUT2D eigenvalue weighted by atomic mass is 35.7. The highest BCUT2D eigenvalue weighted by molar-refractivity contribution is 8.13. The molecule has 0 heterocycles. The normalized spacial score (nSPS) is 15.3. The first-order valence-corrected chi connectivity index (χ1v) is 8.51. The molecule has 1 saturated carbocycles. The molecule has 2 rings (SSSR count). The third kappa shape index (κ3) is 3.09. The van der Waals surface area contributed by atoms with Crippen LogP contribution in [0.15, 0.2) is 23.1 Å². The average molecular weight is 302 g/mol. The maximum atomic E-state index is 12.5. The van der Waals surface area contributed by atoms with Gasteiger partial charge in [0.1, 0.15) is 0 Å². The van der Waals surface area contributed by atoms with E-state index in [9.17, 15) is 13.2 Å². The van der Waals surface area contributed by atoms with E-state index >= 15 is 0 Å². The second-order valence-electron chi connectivity index (χ2n) is 4.76. The molecule has 1 amide bonds. The number of rotatable bonds is 4. The average Bonchev–Trinajstić information content (AvgIpc) is 3.12. The van der Waals surface area contributed by atoms with Crippen molar-refractivity contribution in [3.8, 4) is 0 Å². The number of halogens is 1. The molecule has 0 aromatic heterocycles. The van der Waals surface area contributed by atoms with E-state index in [0.717, 1.165) is 18.4 Å². The molecule has 0 N–H and O–H groups in total. The monoisotopic (exact) mass is 301 g/mol. The van der Waals surface area contributed by atoms with Crippen molar-refractivity contribution >= 4 is 25.6 Å². The van der Waals surface area contributed by atoms with Gasteiger partial charge in [0.05, 0.1) is 10.5 Å². The summed E-state index contributed by atoms with van der Waals surface area (Å²) in [5, 5.41) is 0. The number of benzene rings is 1. The topological polar surface area (TPSA) is 54.5 Å². The lowest BCUT2D eigenvalue weighted by atomic mass is 10.1. The molecule has 104 valence electrons. The smallest absolute Gasteiger partial charge is 0.262 e. The molecule has 1 fully saturated rings. The summed E-state index contributed by atoms with van der Waals surface area (Å²) in [6, 6.07) is 4.86. The summed E-state index contributed by atoms with van der Waals surface area (Å²) in [5.74, 6) is -0.257. The maximum Gasteiger partial charge on any atom is 0.262 e. The SMILES string of the molecule is CCN(C(=O)c1cc(C)ccc1S(=O)(=O)Cl)C1CC1. The summed E-state index contributed by atoms with van der Waals surface area (Å²) in [6.45, 7) is 4.27. The summed E-state index contributed by atoms with van der Waals surface area (Å²) < 4.78 is 23.1. The quantitative estimate of drug-likeness (QED) is 0.803. The summed E-state index contributed by atoms with van der Waals surface area (Å²) in [7, 11) is 1.49. The third-order valence-electron chi connectivity index (χ3n) is 3.22. The van der Waals surface area contributed by atoms with Crippen molar-refractivity contribution in [3.63, 3.8) is 0 Å². The molecule has 19 heavy (non-hydrogen) atoms. The minimum absolute atomic E-state index is 0.108. The molecule has 0 radical (unpaired) electrons. The van der Waals surface area contributed by atoms with Crippen LogP contribution in [-0.2, 0) is 9.05 Å². The van der Waals surface area contributed by atoms with Gasteiger partial charge in [0.15, 0.2) is 0 Å². The predicted octanol–water partition coefficient (Wildman–Crippen LogP) is 2.55. The highest BCUT2D eigenvalue weighted by Gasteiger charge is 2.33. The van der Waals surface area contributed by atoms with Gasteiger partial charge in [-0.05, 0) is 38.8 Å². The van der Waals surface area contributed by atoms with E-state index in [-0.39, 0.29) is 22.4 Å². The molecule has 0 spiro atoms. The largest absolute Gasteiger partial charge is 0.336 e. The van der Waals surface area contributed by atoms with Crippen LogP contribution >= 0.6 is 10.7 Å². The van der Waals surface area contributed by atoms with Crippen LogP contribution in [0.25, 0.3) is 0 Å². The number of amides is 1. The fourth-order valence-corrected chi connectivity index (χ4v) is 3.18. The molecule has 6 heteroatoms. The van der Waals surface area contributed by atoms with E-state index in [1.165, 1.54) is 6.07 Å². The van der Waals surface area contributed by atoms with Crippen LogP contribution in [-0.4, -0.2) is 31.8 Å². The van der Waals surface area contributed by atoms with E-state index < -0.39 is 9.05 Å². The predicted molar refractivity (Wildman–Crippen MR) is 74.0 cm³/mol. The lowest BCUT2D eigenvalue weighted by Gasteiger charge is -2.21. The summed E-state index contributed by atoms with van der Waals surface area (Å²) in [5.41, 5.74) is 1.00. The summed E-state index contributed by atoms with van der Waals surface area (Å²) in [6.07, 6.45) is 1.96. The highest BCUT2D eigenvalue weighted by Crippen LogP contribution is 2.30. The maximum absolute atomic E-state index is 12.5. The van der Waals surface area contributed by atoms with Crippen LogP contribution in [0.2, 0.25) is 0 Å². The van der Waals surface area contributed by atoms with E-state index in [2.05, 4.69) is 0 Å². The van der Waals surface area contributed by atoms with E-state index in [4.69, 9.17) is 10.7 Å². The van der Waals surface area contributed by atoms with E-state index in [0.29, 0.717) is 6.54 Å². The Hall–Kier alpha value is -1.07. The van der Waals surface area contributed by atoms with Crippen LogP contribution in [0, 0.1) is 6.92 Å². The van der Waals surface area contributed by atoms with Gasteiger partial charge in [0.25, 0.3) is 15.0 Å². The Bertz CT molecular complexity index is 608. The molecule has 4 nitrogen and oxygen atoms in total. The molecule has 1 aromatic carbocycles. The molecular formula is C13H16ClNO3S. The Morgan fingerprint density at radius 1 is 1.42 bits per heavy atom. The minimum atomic E-state index is -3.92. The summed E-state index contributed by atoms with van der Waals surface area (Å²) in [4.78, 5) is 14.1. The van der Waals surface area contributed by atoms with Crippen LogP contribution < -0.4 is 0 Å². The molecular weight excluding hydrogens is 286 g/mol. The van der Waals surface area contributed by atoms with Gasteiger partial charge in [0.2, 0.25) is 0 Å². The molecule has 0 aliphatic heterocycles. The number of hydrogen-bond acceptors (Lipinski definition) is 3. The number of carbonyl (C=O) groups is 1. The van der Waals surface area contributed by atoms with Crippen molar-refractivity contribution in [2.75, 3.05) is 6.54 Å². The van der Waals surface area contributed by atoms with Gasteiger partial charge in [-0.25, -0.2) is 8.42 Å². The standard InChI is InChI=1S/C13H16ClNO3S/c1-3-15(10-5-6-10)13(16)11-8-9(2)4-7-12(11)19(14,17)18/h4,7-8,10H,3,5-6H2,1-2H3. The fourth-order valence-electron chi connectivity index (χ4n) is 2.13. The number of aryl methyl sites for hydroxylation is 1. The Morgan fingerprint density at radius 2 is 2.05 bits per heavy atom. The molecule has 1 aliphatic rings. The van der Waals surface area contributed by atoms with E-state index in [1.54, 1.807) is 17.0 Å². The molecule has 0 saturated heterocycles. The zero-order valence-corrected chi connectivity index (χ0v) is 12.5. The van der Waals surface area contributed by atoms with Crippen LogP contribution in [0.3, 0.4) is 0 Å². The molecule has 1 aliphatic carbocycles. The zero-order chi connectivity index (χ0) is 14.2. The van der Waals surface area contributed by atoms with Crippen molar-refractivity contribution in [2.45, 2.75) is 37.6 Å². The van der Waals surface area contributed by atoms with Crippen LogP contribution in [0.4, 0.5) is 0 Å². The number of carbonyl (C=O) groups excluding carboxylic acids is 1. The first-order chi connectivity index (χ1) is 8.84. The van der Waals surface area contributed by atoms with Gasteiger partial charge in [-0.1, -0.05) is 11.6 Å². The second kappa shape index (κ2) is 5.13. The van der Waals surface area contributed by atoms with Crippen LogP contribution in [0.5, 0.6) is 0 Å². The number of nitrogens with zero attached hydrogens (tertiary/aromatic N) is 1. The Morgan fingerprint density at radius 3 is 2.53 bits per heavy atom. The first-order valence-electron chi connectivity index (χ1n) is 6.21. The van der Waals surface area contributed by atoms with Gasteiger partial charge in [0, 0.05) is 23.3 Å². The van der Waals surface area contributed by atoms with Gasteiger partial charge < -0.3 is 4.90 Å². The molecule has 0 atom stereocenters. The molecule has 0 bridgehead atoms. The van der Waals surface area contributed by atoms with Crippen molar-refractivity contribution < 1.29 is 13.2 Å². The lowest BCUT2D eigenvalue weighted by molar-refractivity contribution is 0.0748. The Kier molecular flexibility index (Phi) is 3.87. The zero-order valence-electron chi connectivity index (χ0n) is 10.9.